The monoisotopic (exact) mass is 324 g/mol. The van der Waals surface area contributed by atoms with E-state index >= 15 is 0 Å². The van der Waals surface area contributed by atoms with Crippen molar-refractivity contribution in [2.45, 2.75) is 38.0 Å². The first-order chi connectivity index (χ1) is 11.5. The van der Waals surface area contributed by atoms with Gasteiger partial charge >= 0.3 is 0 Å². The minimum Gasteiger partial charge on any atom is -0.496 e. The van der Waals surface area contributed by atoms with Gasteiger partial charge in [-0.15, -0.1) is 0 Å². The summed E-state index contributed by atoms with van der Waals surface area (Å²) >= 11 is 0. The summed E-state index contributed by atoms with van der Waals surface area (Å²) in [5.41, 5.74) is 1.34. The molecule has 1 saturated carbocycles. The van der Waals surface area contributed by atoms with Crippen LogP contribution in [0.25, 0.3) is 0 Å². The van der Waals surface area contributed by atoms with Crippen molar-refractivity contribution in [2.75, 3.05) is 27.2 Å². The Morgan fingerprint density at radius 3 is 2.29 bits per heavy atom. The van der Waals surface area contributed by atoms with E-state index in [0.29, 0.717) is 5.41 Å². The molecule has 0 radical (unpaired) electrons. The summed E-state index contributed by atoms with van der Waals surface area (Å²) in [7, 11) is 3.77. The van der Waals surface area contributed by atoms with E-state index in [1.54, 1.807) is 7.11 Å². The smallest absolute Gasteiger partial charge is 0.123 e. The number of rotatable bonds is 2. The molecule has 4 rings (SSSR count). The molecule has 0 bridgehead atoms. The van der Waals surface area contributed by atoms with Gasteiger partial charge < -0.3 is 9.64 Å². The van der Waals surface area contributed by atoms with Gasteiger partial charge in [0.05, 0.1) is 18.6 Å². The fourth-order valence-corrected chi connectivity index (χ4v) is 3.99. The maximum absolute atomic E-state index is 9.58. The van der Waals surface area contributed by atoms with Crippen molar-refractivity contribution < 1.29 is 4.74 Å². The number of ether oxygens (including phenoxy) is 1. The Morgan fingerprint density at radius 1 is 1.21 bits per heavy atom. The third-order valence-electron chi connectivity index (χ3n) is 6.23. The van der Waals surface area contributed by atoms with Crippen molar-refractivity contribution in [2.24, 2.45) is 11.3 Å². The largest absolute Gasteiger partial charge is 0.496 e. The Labute approximate surface area is 145 Å². The Balaban J connectivity index is 0.000000198. The average Bonchev–Trinajstić information content (AvgIpc) is 2.63. The number of nitriles is 1. The van der Waals surface area contributed by atoms with Crippen molar-refractivity contribution >= 4 is 0 Å². The van der Waals surface area contributed by atoms with Crippen LogP contribution in [0.15, 0.2) is 36.4 Å². The number of hydrogen-bond donors (Lipinski definition) is 0. The zero-order valence-corrected chi connectivity index (χ0v) is 15.1. The number of fused-ring (bicyclic) bond motifs is 1. The topological polar surface area (TPSA) is 36.3 Å². The number of likely N-dealkylation sites (tertiary alicyclic amines) is 1. The molecular formula is C21H28N2O. The van der Waals surface area contributed by atoms with Gasteiger partial charge in [-0.3, -0.25) is 0 Å². The van der Waals surface area contributed by atoms with E-state index in [4.69, 9.17) is 4.74 Å². The van der Waals surface area contributed by atoms with Gasteiger partial charge in [0.15, 0.2) is 0 Å². The predicted molar refractivity (Wildman–Crippen MR) is 97.0 cm³/mol. The van der Waals surface area contributed by atoms with Gasteiger partial charge in [-0.25, -0.2) is 0 Å². The molecule has 0 N–H and O–H groups in total. The molecule has 1 aromatic rings. The van der Waals surface area contributed by atoms with Gasteiger partial charge in [0.1, 0.15) is 5.75 Å². The molecular weight excluding hydrogens is 296 g/mol. The first kappa shape index (κ1) is 17.0. The van der Waals surface area contributed by atoms with Crippen LogP contribution >= 0.6 is 0 Å². The molecule has 24 heavy (non-hydrogen) atoms. The number of para-hydroxylation sites is 1. The van der Waals surface area contributed by atoms with E-state index in [0.717, 1.165) is 43.2 Å². The van der Waals surface area contributed by atoms with Gasteiger partial charge in [-0.05, 0) is 63.2 Å². The van der Waals surface area contributed by atoms with Crippen LogP contribution in [0.5, 0.6) is 5.75 Å². The molecule has 0 spiro atoms. The zero-order valence-electron chi connectivity index (χ0n) is 15.1. The summed E-state index contributed by atoms with van der Waals surface area (Å²) in [6, 6.07) is 10.4. The minimum absolute atomic E-state index is 0.376. The van der Waals surface area contributed by atoms with E-state index in [2.05, 4.69) is 37.1 Å². The van der Waals surface area contributed by atoms with Crippen LogP contribution in [0.2, 0.25) is 0 Å². The molecule has 1 aliphatic heterocycles. The Hall–Kier alpha value is -1.79. The van der Waals surface area contributed by atoms with Crippen molar-refractivity contribution in [1.82, 2.24) is 4.90 Å². The van der Waals surface area contributed by atoms with E-state index < -0.39 is 0 Å². The van der Waals surface area contributed by atoms with E-state index in [-0.39, 0.29) is 5.41 Å². The van der Waals surface area contributed by atoms with Gasteiger partial charge in [0.25, 0.3) is 0 Å². The highest BCUT2D eigenvalue weighted by molar-refractivity contribution is 5.44. The highest BCUT2D eigenvalue weighted by Gasteiger charge is 2.44. The van der Waals surface area contributed by atoms with Crippen LogP contribution in [0, 0.1) is 22.7 Å². The first-order valence-corrected chi connectivity index (χ1v) is 8.96. The molecule has 1 heterocycles. The highest BCUT2D eigenvalue weighted by Crippen LogP contribution is 2.54. The van der Waals surface area contributed by atoms with Gasteiger partial charge in [0, 0.05) is 5.56 Å². The molecule has 0 amide bonds. The fourth-order valence-electron chi connectivity index (χ4n) is 3.99. The number of hydrogen-bond acceptors (Lipinski definition) is 3. The zero-order chi connectivity index (χ0) is 17.2. The van der Waals surface area contributed by atoms with Crippen molar-refractivity contribution in [3.8, 4) is 11.8 Å². The SMILES string of the molecule is CC12C=CC1CC2.COc1ccccc1C1(C#N)CCN(C)CC1. The quantitative estimate of drug-likeness (QED) is 0.767. The Kier molecular flexibility index (Phi) is 4.69. The third-order valence-corrected chi connectivity index (χ3v) is 6.23. The Morgan fingerprint density at radius 2 is 1.88 bits per heavy atom. The van der Waals surface area contributed by atoms with Crippen LogP contribution in [0.3, 0.4) is 0 Å². The van der Waals surface area contributed by atoms with Crippen molar-refractivity contribution in [1.29, 1.82) is 5.26 Å². The second-order valence-electron chi connectivity index (χ2n) is 7.71. The van der Waals surface area contributed by atoms with E-state index in [1.807, 2.05) is 24.3 Å². The molecule has 0 aromatic heterocycles. The number of nitrogens with zero attached hydrogens (tertiary/aromatic N) is 2. The summed E-state index contributed by atoms with van der Waals surface area (Å²) in [6.07, 6.45) is 9.33. The lowest BCUT2D eigenvalue weighted by atomic mass is 9.55. The lowest BCUT2D eigenvalue weighted by Crippen LogP contribution is -2.40. The summed E-state index contributed by atoms with van der Waals surface area (Å²) in [5, 5.41) is 9.58. The number of benzene rings is 1. The molecule has 2 atom stereocenters. The number of allylic oxidation sites excluding steroid dienone is 2. The molecule has 1 saturated heterocycles. The maximum Gasteiger partial charge on any atom is 0.123 e. The van der Waals surface area contributed by atoms with Crippen LogP contribution < -0.4 is 4.74 Å². The van der Waals surface area contributed by atoms with Crippen LogP contribution in [0.1, 0.15) is 38.2 Å². The number of piperidine rings is 1. The molecule has 2 aliphatic carbocycles. The lowest BCUT2D eigenvalue weighted by molar-refractivity contribution is 0.116. The van der Waals surface area contributed by atoms with Crippen LogP contribution in [-0.2, 0) is 5.41 Å². The number of methoxy groups -OCH3 is 1. The molecule has 3 aliphatic rings. The standard InChI is InChI=1S/C14H18N2O.C7H10/c1-16-9-7-14(11-15,8-10-16)12-5-3-4-6-13(12)17-2;1-7-4-2-6(7)3-5-7/h3-6H,7-10H2,1-2H3;2,4,6H,3,5H2,1H3. The van der Waals surface area contributed by atoms with Crippen molar-refractivity contribution in [3.63, 3.8) is 0 Å². The molecule has 2 unspecified atom stereocenters. The van der Waals surface area contributed by atoms with Gasteiger partial charge in [-0.2, -0.15) is 5.26 Å². The van der Waals surface area contributed by atoms with Gasteiger partial charge in [-0.1, -0.05) is 37.3 Å². The minimum atomic E-state index is -0.376. The lowest BCUT2D eigenvalue weighted by Gasteiger charge is -2.50. The van der Waals surface area contributed by atoms with Crippen LogP contribution in [0.4, 0.5) is 0 Å². The highest BCUT2D eigenvalue weighted by atomic mass is 16.5. The molecule has 1 aromatic carbocycles. The summed E-state index contributed by atoms with van der Waals surface area (Å²) in [5.74, 6) is 1.81. The normalized spacial score (nSPS) is 29.8. The van der Waals surface area contributed by atoms with Crippen LogP contribution in [-0.4, -0.2) is 32.1 Å². The predicted octanol–water partition coefficient (Wildman–Crippen LogP) is 4.15. The summed E-state index contributed by atoms with van der Waals surface area (Å²) < 4.78 is 5.39. The fraction of sp³-hybridized carbons (Fsp3) is 0.571. The second kappa shape index (κ2) is 6.61. The maximum atomic E-state index is 9.58. The molecule has 3 nitrogen and oxygen atoms in total. The summed E-state index contributed by atoms with van der Waals surface area (Å²) in [6.45, 7) is 4.28. The van der Waals surface area contributed by atoms with E-state index in [9.17, 15) is 5.26 Å². The van der Waals surface area contributed by atoms with Gasteiger partial charge in [0.2, 0.25) is 0 Å². The third kappa shape index (κ3) is 2.96. The molecule has 128 valence electrons. The van der Waals surface area contributed by atoms with E-state index in [1.165, 1.54) is 12.8 Å². The summed E-state index contributed by atoms with van der Waals surface area (Å²) in [4.78, 5) is 2.27. The average molecular weight is 324 g/mol. The molecule has 2 fully saturated rings. The Bertz CT molecular complexity index is 652. The molecule has 3 heteroatoms. The second-order valence-corrected chi connectivity index (χ2v) is 7.71. The van der Waals surface area contributed by atoms with Crippen molar-refractivity contribution in [3.05, 3.63) is 42.0 Å². The first-order valence-electron chi connectivity index (χ1n) is 8.96.